The van der Waals surface area contributed by atoms with Crippen molar-refractivity contribution in [1.29, 1.82) is 10.5 Å². The minimum atomic E-state index is -0.0823. The highest BCUT2D eigenvalue weighted by Gasteiger charge is 2.14. The summed E-state index contributed by atoms with van der Waals surface area (Å²) in [6.07, 6.45) is 0. The average Bonchev–Trinajstić information content (AvgIpc) is 2.72. The number of aromatic nitrogens is 1. The first-order chi connectivity index (χ1) is 13.2. The van der Waals surface area contributed by atoms with E-state index in [2.05, 4.69) is 0 Å². The molecule has 132 valence electrons. The molecule has 0 unspecified atom stereocenters. The second kappa shape index (κ2) is 8.03. The van der Waals surface area contributed by atoms with Crippen molar-refractivity contribution in [1.82, 2.24) is 4.98 Å². The highest BCUT2D eigenvalue weighted by molar-refractivity contribution is 5.90. The average molecular weight is 355 g/mol. The molecule has 5 heteroatoms. The van der Waals surface area contributed by atoms with Gasteiger partial charge in [-0.25, -0.2) is 4.98 Å². The predicted octanol–water partition coefficient (Wildman–Crippen LogP) is 4.71. The van der Waals surface area contributed by atoms with E-state index >= 15 is 0 Å². The number of fused-ring (bicyclic) bond motifs is 1. The molecule has 0 aliphatic heterocycles. The fourth-order valence-corrected chi connectivity index (χ4v) is 2.86. The molecular formula is C22H17N3O2. The van der Waals surface area contributed by atoms with Crippen LogP contribution in [0.5, 0.6) is 5.75 Å². The number of pyridine rings is 1. The molecule has 27 heavy (non-hydrogen) atoms. The maximum atomic E-state index is 9.16. The first-order valence-corrected chi connectivity index (χ1v) is 8.43. The van der Waals surface area contributed by atoms with E-state index in [4.69, 9.17) is 25.0 Å². The Morgan fingerprint density at radius 1 is 1.04 bits per heavy atom. The number of rotatable bonds is 5. The molecule has 0 spiro atoms. The van der Waals surface area contributed by atoms with Gasteiger partial charge in [-0.15, -0.1) is 0 Å². The number of allylic oxidation sites excluding steroid dienone is 1. The first-order valence-electron chi connectivity index (χ1n) is 8.43. The number of nitrogens with zero attached hydrogens (tertiary/aromatic N) is 3. The molecule has 2 aromatic carbocycles. The van der Waals surface area contributed by atoms with Gasteiger partial charge < -0.3 is 9.47 Å². The van der Waals surface area contributed by atoms with E-state index in [1.54, 1.807) is 12.1 Å². The van der Waals surface area contributed by atoms with Crippen molar-refractivity contribution in [3.8, 4) is 29.1 Å². The zero-order chi connectivity index (χ0) is 19.2. The van der Waals surface area contributed by atoms with Gasteiger partial charge in [-0.05, 0) is 19.1 Å². The molecule has 0 fully saturated rings. The van der Waals surface area contributed by atoms with Crippen LogP contribution >= 0.6 is 0 Å². The molecule has 0 saturated carbocycles. The lowest BCUT2D eigenvalue weighted by Crippen LogP contribution is -1.97. The Labute approximate surface area is 157 Å². The summed E-state index contributed by atoms with van der Waals surface area (Å²) in [5.41, 5.74) is 2.99. The SMILES string of the molecule is CCOc1cc(-c2ccccc2)nc2cc(C(OC)=C(C#N)C#N)ccc12. The van der Waals surface area contributed by atoms with Crippen molar-refractivity contribution in [3.63, 3.8) is 0 Å². The molecular weight excluding hydrogens is 338 g/mol. The van der Waals surface area contributed by atoms with Crippen LogP contribution in [0.2, 0.25) is 0 Å². The van der Waals surface area contributed by atoms with Crippen molar-refractivity contribution in [2.75, 3.05) is 13.7 Å². The maximum absolute atomic E-state index is 9.16. The van der Waals surface area contributed by atoms with Crippen LogP contribution in [0.3, 0.4) is 0 Å². The van der Waals surface area contributed by atoms with E-state index in [1.165, 1.54) is 7.11 Å². The minimum Gasteiger partial charge on any atom is -0.494 e. The predicted molar refractivity (Wildman–Crippen MR) is 104 cm³/mol. The molecule has 0 saturated heterocycles. The second-order valence-corrected chi connectivity index (χ2v) is 5.67. The third-order valence-electron chi connectivity index (χ3n) is 4.06. The van der Waals surface area contributed by atoms with Gasteiger partial charge in [-0.2, -0.15) is 10.5 Å². The van der Waals surface area contributed by atoms with E-state index in [9.17, 15) is 0 Å². The Balaban J connectivity index is 2.25. The molecule has 0 aliphatic rings. The summed E-state index contributed by atoms with van der Waals surface area (Å²) in [6.45, 7) is 2.46. The van der Waals surface area contributed by atoms with E-state index in [0.29, 0.717) is 17.7 Å². The Kier molecular flexibility index (Phi) is 5.35. The summed E-state index contributed by atoms with van der Waals surface area (Å²) in [5.74, 6) is 0.961. The summed E-state index contributed by atoms with van der Waals surface area (Å²) in [7, 11) is 1.44. The maximum Gasteiger partial charge on any atom is 0.172 e. The van der Waals surface area contributed by atoms with Crippen LogP contribution in [-0.2, 0) is 4.74 Å². The largest absolute Gasteiger partial charge is 0.494 e. The molecule has 1 aromatic heterocycles. The van der Waals surface area contributed by atoms with Gasteiger partial charge in [-0.1, -0.05) is 36.4 Å². The molecule has 0 bridgehead atoms. The number of nitriles is 2. The second-order valence-electron chi connectivity index (χ2n) is 5.67. The molecule has 5 nitrogen and oxygen atoms in total. The lowest BCUT2D eigenvalue weighted by atomic mass is 10.0. The van der Waals surface area contributed by atoms with E-state index < -0.39 is 0 Å². The van der Waals surface area contributed by atoms with Crippen LogP contribution in [0.25, 0.3) is 27.9 Å². The molecule has 0 N–H and O–H groups in total. The molecule has 0 atom stereocenters. The fraction of sp³-hybridized carbons (Fsp3) is 0.136. The van der Waals surface area contributed by atoms with Crippen molar-refractivity contribution < 1.29 is 9.47 Å². The van der Waals surface area contributed by atoms with Gasteiger partial charge in [0.15, 0.2) is 11.3 Å². The summed E-state index contributed by atoms with van der Waals surface area (Å²) in [4.78, 5) is 4.75. The number of methoxy groups -OCH3 is 1. The van der Waals surface area contributed by atoms with Crippen LogP contribution in [0.15, 0.2) is 60.2 Å². The van der Waals surface area contributed by atoms with Gasteiger partial charge in [-0.3, -0.25) is 0 Å². The standard InChI is InChI=1S/C22H17N3O2/c1-3-27-21-12-19(15-7-5-4-6-8-15)25-20-11-16(9-10-18(20)21)22(26-2)17(13-23)14-24/h4-12H,3H2,1-2H3. The Hall–Kier alpha value is -3.83. The van der Waals surface area contributed by atoms with Crippen LogP contribution in [0.1, 0.15) is 12.5 Å². The highest BCUT2D eigenvalue weighted by atomic mass is 16.5. The van der Waals surface area contributed by atoms with Gasteiger partial charge in [0.25, 0.3) is 0 Å². The normalized spacial score (nSPS) is 9.93. The summed E-state index contributed by atoms with van der Waals surface area (Å²) >= 11 is 0. The molecule has 0 amide bonds. The summed E-state index contributed by atoms with van der Waals surface area (Å²) in [5, 5.41) is 19.2. The van der Waals surface area contributed by atoms with Crippen LogP contribution in [0.4, 0.5) is 0 Å². The topological polar surface area (TPSA) is 78.9 Å². The monoisotopic (exact) mass is 355 g/mol. The van der Waals surface area contributed by atoms with Gasteiger partial charge in [0.1, 0.15) is 17.9 Å². The Bertz CT molecular complexity index is 1070. The van der Waals surface area contributed by atoms with Gasteiger partial charge in [0.05, 0.1) is 24.9 Å². The third kappa shape index (κ3) is 3.58. The van der Waals surface area contributed by atoms with Crippen molar-refractivity contribution in [2.45, 2.75) is 6.92 Å². The molecule has 0 aliphatic carbocycles. The van der Waals surface area contributed by atoms with Gasteiger partial charge in [0.2, 0.25) is 0 Å². The zero-order valence-electron chi connectivity index (χ0n) is 15.1. The van der Waals surface area contributed by atoms with Crippen LogP contribution in [-0.4, -0.2) is 18.7 Å². The van der Waals surface area contributed by atoms with E-state index in [-0.39, 0.29) is 11.3 Å². The lowest BCUT2D eigenvalue weighted by molar-refractivity contribution is 0.344. The number of hydrogen-bond acceptors (Lipinski definition) is 5. The molecule has 3 rings (SSSR count). The number of hydrogen-bond donors (Lipinski definition) is 0. The van der Waals surface area contributed by atoms with Crippen molar-refractivity contribution in [3.05, 3.63) is 65.7 Å². The third-order valence-corrected chi connectivity index (χ3v) is 4.06. The first kappa shape index (κ1) is 18.0. The lowest BCUT2D eigenvalue weighted by Gasteiger charge is -2.12. The van der Waals surface area contributed by atoms with E-state index in [1.807, 2.05) is 61.5 Å². The number of benzene rings is 2. The Morgan fingerprint density at radius 3 is 2.41 bits per heavy atom. The highest BCUT2D eigenvalue weighted by Crippen LogP contribution is 2.32. The van der Waals surface area contributed by atoms with Gasteiger partial charge >= 0.3 is 0 Å². The summed E-state index contributed by atoms with van der Waals surface area (Å²) < 4.78 is 11.1. The Morgan fingerprint density at radius 2 is 1.78 bits per heavy atom. The summed E-state index contributed by atoms with van der Waals surface area (Å²) in [6, 6.07) is 20.9. The van der Waals surface area contributed by atoms with Crippen molar-refractivity contribution in [2.24, 2.45) is 0 Å². The van der Waals surface area contributed by atoms with Crippen LogP contribution in [0, 0.1) is 22.7 Å². The smallest absolute Gasteiger partial charge is 0.172 e. The molecule has 1 heterocycles. The fourth-order valence-electron chi connectivity index (χ4n) is 2.86. The van der Waals surface area contributed by atoms with Crippen LogP contribution < -0.4 is 4.74 Å². The zero-order valence-corrected chi connectivity index (χ0v) is 15.1. The van der Waals surface area contributed by atoms with Crippen molar-refractivity contribution >= 4 is 16.7 Å². The minimum absolute atomic E-state index is 0.0823. The van der Waals surface area contributed by atoms with E-state index in [0.717, 1.165) is 22.4 Å². The molecule has 0 radical (unpaired) electrons. The quantitative estimate of drug-likeness (QED) is 0.489. The molecule has 3 aromatic rings. The van der Waals surface area contributed by atoms with Gasteiger partial charge in [0, 0.05) is 22.6 Å². The number of ether oxygens (including phenoxy) is 2.